The number of rotatable bonds is 4. The fourth-order valence-corrected chi connectivity index (χ4v) is 3.25. The van der Waals surface area contributed by atoms with Gasteiger partial charge >= 0.3 is 5.97 Å². The molecular weight excluding hydrogens is 242 g/mol. The van der Waals surface area contributed by atoms with Crippen LogP contribution in [0.25, 0.3) is 0 Å². The van der Waals surface area contributed by atoms with Gasteiger partial charge in [0.1, 0.15) is 0 Å². The number of nitrogens with zero attached hydrogens (tertiary/aromatic N) is 1. The number of fused-ring (bicyclic) bond motifs is 2. The number of carboxylic acids is 1. The van der Waals surface area contributed by atoms with Crippen molar-refractivity contribution in [2.24, 2.45) is 17.8 Å². The third-order valence-corrected chi connectivity index (χ3v) is 4.22. The van der Waals surface area contributed by atoms with Gasteiger partial charge in [-0.15, -0.1) is 0 Å². The third-order valence-electron chi connectivity index (χ3n) is 4.22. The van der Waals surface area contributed by atoms with Crippen molar-refractivity contribution in [2.75, 3.05) is 6.54 Å². The SMILES string of the molecule is CC(C)(C)N(CCC(=O)O)C(=O)C1CC2C=CC1C2. The summed E-state index contributed by atoms with van der Waals surface area (Å²) in [6.07, 6.45) is 6.41. The molecule has 1 fully saturated rings. The monoisotopic (exact) mass is 265 g/mol. The maximum Gasteiger partial charge on any atom is 0.305 e. The lowest BCUT2D eigenvalue weighted by atomic mass is 9.90. The summed E-state index contributed by atoms with van der Waals surface area (Å²) in [5.41, 5.74) is -0.321. The van der Waals surface area contributed by atoms with Crippen LogP contribution < -0.4 is 0 Å². The van der Waals surface area contributed by atoms with Gasteiger partial charge in [-0.05, 0) is 45.4 Å². The van der Waals surface area contributed by atoms with Crippen LogP contribution in [0.2, 0.25) is 0 Å². The molecule has 0 aliphatic heterocycles. The van der Waals surface area contributed by atoms with Crippen LogP contribution in [0.1, 0.15) is 40.0 Å². The highest BCUT2D eigenvalue weighted by Gasteiger charge is 2.43. The van der Waals surface area contributed by atoms with E-state index in [1.54, 1.807) is 4.90 Å². The third kappa shape index (κ3) is 2.99. The zero-order valence-electron chi connectivity index (χ0n) is 11.9. The lowest BCUT2D eigenvalue weighted by molar-refractivity contribution is -0.143. The van der Waals surface area contributed by atoms with Crippen LogP contribution in [0.15, 0.2) is 12.2 Å². The van der Waals surface area contributed by atoms with Gasteiger partial charge in [0.15, 0.2) is 0 Å². The first-order chi connectivity index (χ1) is 8.79. The summed E-state index contributed by atoms with van der Waals surface area (Å²) >= 11 is 0. The summed E-state index contributed by atoms with van der Waals surface area (Å²) in [5, 5.41) is 8.83. The highest BCUT2D eigenvalue weighted by atomic mass is 16.4. The number of carbonyl (C=O) groups is 2. The molecule has 4 heteroatoms. The standard InChI is InChI=1S/C15H23NO3/c1-15(2,3)16(7-6-13(17)18)14(19)12-9-10-4-5-11(12)8-10/h4-5,10-12H,6-9H2,1-3H3,(H,17,18). The van der Waals surface area contributed by atoms with E-state index in [-0.39, 0.29) is 23.8 Å². The van der Waals surface area contributed by atoms with Gasteiger partial charge in [-0.25, -0.2) is 0 Å². The molecule has 1 amide bonds. The van der Waals surface area contributed by atoms with Crippen LogP contribution in [0.4, 0.5) is 0 Å². The normalized spacial score (nSPS) is 28.7. The maximum atomic E-state index is 12.7. The lowest BCUT2D eigenvalue weighted by Gasteiger charge is -2.38. The Hall–Kier alpha value is -1.32. The van der Waals surface area contributed by atoms with Crippen molar-refractivity contribution in [3.8, 4) is 0 Å². The zero-order chi connectivity index (χ0) is 14.2. The number of allylic oxidation sites excluding steroid dienone is 2. The summed E-state index contributed by atoms with van der Waals surface area (Å²) in [6.45, 7) is 6.21. The highest BCUT2D eigenvalue weighted by Crippen LogP contribution is 2.44. The molecule has 2 rings (SSSR count). The summed E-state index contributed by atoms with van der Waals surface area (Å²) in [7, 11) is 0. The van der Waals surface area contributed by atoms with E-state index in [0.717, 1.165) is 12.8 Å². The molecule has 0 heterocycles. The molecule has 0 aromatic heterocycles. The van der Waals surface area contributed by atoms with Gasteiger partial charge in [0.05, 0.1) is 6.42 Å². The van der Waals surface area contributed by atoms with Crippen LogP contribution in [-0.2, 0) is 9.59 Å². The fourth-order valence-electron chi connectivity index (χ4n) is 3.25. The molecule has 0 aromatic rings. The number of amides is 1. The Bertz CT molecular complexity index is 408. The molecule has 19 heavy (non-hydrogen) atoms. The Morgan fingerprint density at radius 1 is 1.26 bits per heavy atom. The van der Waals surface area contributed by atoms with Gasteiger partial charge in [-0.2, -0.15) is 0 Å². The Morgan fingerprint density at radius 3 is 2.37 bits per heavy atom. The molecule has 106 valence electrons. The van der Waals surface area contributed by atoms with Crippen molar-refractivity contribution in [3.05, 3.63) is 12.2 Å². The molecule has 0 saturated heterocycles. The minimum absolute atomic E-state index is 0.0136. The van der Waals surface area contributed by atoms with E-state index in [1.165, 1.54) is 0 Å². The average molecular weight is 265 g/mol. The molecule has 0 spiro atoms. The first-order valence-electron chi connectivity index (χ1n) is 7.00. The lowest BCUT2D eigenvalue weighted by Crippen LogP contribution is -2.49. The quantitative estimate of drug-likeness (QED) is 0.793. The molecule has 0 radical (unpaired) electrons. The van der Waals surface area contributed by atoms with Gasteiger partial charge in [0.25, 0.3) is 0 Å². The molecule has 3 atom stereocenters. The van der Waals surface area contributed by atoms with E-state index >= 15 is 0 Å². The largest absolute Gasteiger partial charge is 0.481 e. The van der Waals surface area contributed by atoms with E-state index in [0.29, 0.717) is 18.4 Å². The fraction of sp³-hybridized carbons (Fsp3) is 0.733. The number of hydrogen-bond acceptors (Lipinski definition) is 2. The number of hydrogen-bond donors (Lipinski definition) is 1. The summed E-state index contributed by atoms with van der Waals surface area (Å²) in [5.74, 6) is 0.260. The van der Waals surface area contributed by atoms with Crippen molar-refractivity contribution in [2.45, 2.75) is 45.6 Å². The minimum Gasteiger partial charge on any atom is -0.481 e. The predicted molar refractivity (Wildman–Crippen MR) is 72.6 cm³/mol. The molecule has 2 bridgehead atoms. The molecular formula is C15H23NO3. The molecule has 1 saturated carbocycles. The highest BCUT2D eigenvalue weighted by molar-refractivity contribution is 5.81. The van der Waals surface area contributed by atoms with Crippen molar-refractivity contribution in [1.29, 1.82) is 0 Å². The van der Waals surface area contributed by atoms with Crippen LogP contribution >= 0.6 is 0 Å². The molecule has 2 aliphatic carbocycles. The second-order valence-electron chi connectivity index (χ2n) is 6.69. The Balaban J connectivity index is 2.07. The van der Waals surface area contributed by atoms with Gasteiger partial charge in [-0.3, -0.25) is 9.59 Å². The van der Waals surface area contributed by atoms with Crippen LogP contribution in [0, 0.1) is 17.8 Å². The van der Waals surface area contributed by atoms with Crippen LogP contribution in [0.3, 0.4) is 0 Å². The minimum atomic E-state index is -0.852. The van der Waals surface area contributed by atoms with Crippen LogP contribution in [-0.4, -0.2) is 34.0 Å². The Labute approximate surface area is 114 Å². The summed E-state index contributed by atoms with van der Waals surface area (Å²) < 4.78 is 0. The van der Waals surface area contributed by atoms with Gasteiger partial charge in [-0.1, -0.05) is 12.2 Å². The molecule has 2 aliphatic rings. The summed E-state index contributed by atoms with van der Waals surface area (Å²) in [4.78, 5) is 25.2. The predicted octanol–water partition coefficient (Wildman–Crippen LogP) is 2.30. The summed E-state index contributed by atoms with van der Waals surface area (Å²) in [6, 6.07) is 0. The van der Waals surface area contributed by atoms with Gasteiger partial charge in [0, 0.05) is 18.0 Å². The van der Waals surface area contributed by atoms with Crippen LogP contribution in [0.5, 0.6) is 0 Å². The molecule has 0 aromatic carbocycles. The number of carboxylic acid groups (broad SMARTS) is 1. The maximum absolute atomic E-state index is 12.7. The van der Waals surface area contributed by atoms with E-state index in [4.69, 9.17) is 5.11 Å². The Kier molecular flexibility index (Phi) is 3.70. The Morgan fingerprint density at radius 2 is 1.95 bits per heavy atom. The van der Waals surface area contributed by atoms with Crippen molar-refractivity contribution in [3.63, 3.8) is 0 Å². The van der Waals surface area contributed by atoms with E-state index in [9.17, 15) is 9.59 Å². The smallest absolute Gasteiger partial charge is 0.305 e. The first-order valence-corrected chi connectivity index (χ1v) is 7.00. The van der Waals surface area contributed by atoms with Crippen molar-refractivity contribution < 1.29 is 14.7 Å². The molecule has 1 N–H and O–H groups in total. The van der Waals surface area contributed by atoms with Crippen molar-refractivity contribution in [1.82, 2.24) is 4.90 Å². The van der Waals surface area contributed by atoms with E-state index < -0.39 is 5.97 Å². The second-order valence-corrected chi connectivity index (χ2v) is 6.69. The van der Waals surface area contributed by atoms with E-state index in [1.807, 2.05) is 20.8 Å². The number of aliphatic carboxylic acids is 1. The van der Waals surface area contributed by atoms with Gasteiger partial charge < -0.3 is 10.0 Å². The van der Waals surface area contributed by atoms with Gasteiger partial charge in [0.2, 0.25) is 5.91 Å². The first kappa shape index (κ1) is 14.1. The average Bonchev–Trinajstić information content (AvgIpc) is 2.88. The molecule has 3 unspecified atom stereocenters. The zero-order valence-corrected chi connectivity index (χ0v) is 11.9. The second kappa shape index (κ2) is 4.99. The van der Waals surface area contributed by atoms with Crippen molar-refractivity contribution >= 4 is 11.9 Å². The van der Waals surface area contributed by atoms with E-state index in [2.05, 4.69) is 12.2 Å². The topological polar surface area (TPSA) is 57.6 Å². The molecule has 4 nitrogen and oxygen atoms in total. The number of carbonyl (C=O) groups excluding carboxylic acids is 1.